The van der Waals surface area contributed by atoms with Crippen LogP contribution in [0.3, 0.4) is 0 Å². The Morgan fingerprint density at radius 3 is 2.50 bits per heavy atom. The van der Waals surface area contributed by atoms with Gasteiger partial charge in [-0.25, -0.2) is 0 Å². The molecule has 0 saturated carbocycles. The van der Waals surface area contributed by atoms with Crippen LogP contribution in [-0.4, -0.2) is 6.10 Å². The van der Waals surface area contributed by atoms with Gasteiger partial charge in [0.05, 0.1) is 24.7 Å². The summed E-state index contributed by atoms with van der Waals surface area (Å²) < 4.78 is 5.56. The van der Waals surface area contributed by atoms with Crippen LogP contribution in [0.25, 0.3) is 0 Å². The van der Waals surface area contributed by atoms with E-state index in [4.69, 9.17) is 10.00 Å². The SMILES string of the molecule is CC(C#N)C(C)OCc1ccccc1. The second kappa shape index (κ2) is 5.41. The first-order chi connectivity index (χ1) is 6.74. The summed E-state index contributed by atoms with van der Waals surface area (Å²) in [5, 5.41) is 8.67. The molecule has 0 aliphatic heterocycles. The van der Waals surface area contributed by atoms with Crippen LogP contribution in [0.1, 0.15) is 19.4 Å². The van der Waals surface area contributed by atoms with Crippen molar-refractivity contribution in [2.24, 2.45) is 5.92 Å². The highest BCUT2D eigenvalue weighted by Gasteiger charge is 2.10. The van der Waals surface area contributed by atoms with Gasteiger partial charge in [0.25, 0.3) is 0 Å². The molecule has 0 aromatic heterocycles. The summed E-state index contributed by atoms with van der Waals surface area (Å²) in [5.41, 5.74) is 1.14. The molecule has 1 rings (SSSR count). The molecular formula is C12H15NO. The molecule has 0 amide bonds. The third-order valence-electron chi connectivity index (χ3n) is 2.26. The van der Waals surface area contributed by atoms with E-state index in [1.165, 1.54) is 0 Å². The van der Waals surface area contributed by atoms with E-state index in [0.717, 1.165) is 5.56 Å². The zero-order valence-electron chi connectivity index (χ0n) is 8.60. The number of nitrogens with zero attached hydrogens (tertiary/aromatic N) is 1. The summed E-state index contributed by atoms with van der Waals surface area (Å²) in [6, 6.07) is 12.2. The molecule has 0 saturated heterocycles. The van der Waals surface area contributed by atoms with Crippen molar-refractivity contribution in [1.82, 2.24) is 0 Å². The Morgan fingerprint density at radius 2 is 1.93 bits per heavy atom. The van der Waals surface area contributed by atoms with E-state index in [2.05, 4.69) is 6.07 Å². The van der Waals surface area contributed by atoms with Crippen molar-refractivity contribution in [2.45, 2.75) is 26.6 Å². The van der Waals surface area contributed by atoms with Gasteiger partial charge in [-0.2, -0.15) is 5.26 Å². The molecule has 1 aromatic rings. The normalized spacial score (nSPS) is 14.4. The lowest BCUT2D eigenvalue weighted by Crippen LogP contribution is -2.16. The molecule has 2 unspecified atom stereocenters. The van der Waals surface area contributed by atoms with E-state index in [-0.39, 0.29) is 12.0 Å². The lowest BCUT2D eigenvalue weighted by molar-refractivity contribution is 0.0326. The van der Waals surface area contributed by atoms with Gasteiger partial charge in [-0.3, -0.25) is 0 Å². The van der Waals surface area contributed by atoms with Crippen molar-refractivity contribution in [3.63, 3.8) is 0 Å². The van der Waals surface area contributed by atoms with Gasteiger partial charge in [0.15, 0.2) is 0 Å². The van der Waals surface area contributed by atoms with E-state index in [9.17, 15) is 0 Å². The van der Waals surface area contributed by atoms with Crippen molar-refractivity contribution in [3.05, 3.63) is 35.9 Å². The smallest absolute Gasteiger partial charge is 0.0721 e. The molecule has 74 valence electrons. The second-order valence-corrected chi connectivity index (χ2v) is 3.42. The van der Waals surface area contributed by atoms with Crippen molar-refractivity contribution >= 4 is 0 Å². The summed E-state index contributed by atoms with van der Waals surface area (Å²) in [6.07, 6.45) is -0.0137. The van der Waals surface area contributed by atoms with Gasteiger partial charge >= 0.3 is 0 Å². The average molecular weight is 189 g/mol. The number of nitriles is 1. The molecule has 2 heteroatoms. The number of benzene rings is 1. The first-order valence-electron chi connectivity index (χ1n) is 4.79. The molecule has 2 atom stereocenters. The van der Waals surface area contributed by atoms with Crippen molar-refractivity contribution in [2.75, 3.05) is 0 Å². The Labute approximate surface area is 85.1 Å². The molecule has 0 fully saturated rings. The summed E-state index contributed by atoms with van der Waals surface area (Å²) in [7, 11) is 0. The Morgan fingerprint density at radius 1 is 1.29 bits per heavy atom. The van der Waals surface area contributed by atoms with E-state index in [1.807, 2.05) is 44.2 Å². The predicted molar refractivity (Wildman–Crippen MR) is 55.5 cm³/mol. The molecule has 0 spiro atoms. The topological polar surface area (TPSA) is 33.0 Å². The van der Waals surface area contributed by atoms with Gasteiger partial charge in [0.2, 0.25) is 0 Å². The minimum atomic E-state index is -0.0567. The fraction of sp³-hybridized carbons (Fsp3) is 0.417. The van der Waals surface area contributed by atoms with Gasteiger partial charge in [-0.15, -0.1) is 0 Å². The van der Waals surface area contributed by atoms with Gasteiger partial charge in [0.1, 0.15) is 0 Å². The maximum atomic E-state index is 8.67. The second-order valence-electron chi connectivity index (χ2n) is 3.42. The van der Waals surface area contributed by atoms with Crippen LogP contribution in [0.15, 0.2) is 30.3 Å². The highest BCUT2D eigenvalue weighted by molar-refractivity contribution is 5.13. The summed E-state index contributed by atoms with van der Waals surface area (Å²) in [4.78, 5) is 0. The standard InChI is InChI=1S/C12H15NO/c1-10(8-13)11(2)14-9-12-6-4-3-5-7-12/h3-7,10-11H,9H2,1-2H3. The van der Waals surface area contributed by atoms with Crippen LogP contribution in [0.2, 0.25) is 0 Å². The van der Waals surface area contributed by atoms with Crippen LogP contribution in [-0.2, 0) is 11.3 Å². The Hall–Kier alpha value is -1.33. The molecule has 2 nitrogen and oxygen atoms in total. The fourth-order valence-corrected chi connectivity index (χ4v) is 1.05. The Bertz CT molecular complexity index is 302. The predicted octanol–water partition coefficient (Wildman–Crippen LogP) is 2.75. The summed E-state index contributed by atoms with van der Waals surface area (Å²) >= 11 is 0. The summed E-state index contributed by atoms with van der Waals surface area (Å²) in [6.45, 7) is 4.38. The molecule has 0 radical (unpaired) electrons. The molecule has 0 aliphatic carbocycles. The van der Waals surface area contributed by atoms with Crippen molar-refractivity contribution < 1.29 is 4.74 Å². The van der Waals surface area contributed by atoms with E-state index in [1.54, 1.807) is 0 Å². The molecule has 1 aromatic carbocycles. The maximum Gasteiger partial charge on any atom is 0.0721 e. The van der Waals surface area contributed by atoms with Gasteiger partial charge in [-0.05, 0) is 19.4 Å². The van der Waals surface area contributed by atoms with Crippen LogP contribution in [0.4, 0.5) is 0 Å². The average Bonchev–Trinajstić information content (AvgIpc) is 2.26. The lowest BCUT2D eigenvalue weighted by Gasteiger charge is -2.14. The first kappa shape index (κ1) is 10.7. The lowest BCUT2D eigenvalue weighted by atomic mass is 10.1. The highest BCUT2D eigenvalue weighted by atomic mass is 16.5. The van der Waals surface area contributed by atoms with Crippen LogP contribution < -0.4 is 0 Å². The molecule has 0 bridgehead atoms. The van der Waals surface area contributed by atoms with Gasteiger partial charge in [-0.1, -0.05) is 30.3 Å². The molecule has 0 heterocycles. The highest BCUT2D eigenvalue weighted by Crippen LogP contribution is 2.09. The Balaban J connectivity index is 2.39. The minimum Gasteiger partial charge on any atom is -0.372 e. The first-order valence-corrected chi connectivity index (χ1v) is 4.79. The third kappa shape index (κ3) is 3.20. The molecule has 0 N–H and O–H groups in total. The molecule has 14 heavy (non-hydrogen) atoms. The van der Waals surface area contributed by atoms with E-state index < -0.39 is 0 Å². The fourth-order valence-electron chi connectivity index (χ4n) is 1.05. The van der Waals surface area contributed by atoms with Crippen LogP contribution >= 0.6 is 0 Å². The van der Waals surface area contributed by atoms with Crippen molar-refractivity contribution in [3.8, 4) is 6.07 Å². The number of hydrogen-bond acceptors (Lipinski definition) is 2. The van der Waals surface area contributed by atoms with E-state index in [0.29, 0.717) is 6.61 Å². The van der Waals surface area contributed by atoms with Gasteiger partial charge in [0, 0.05) is 0 Å². The van der Waals surface area contributed by atoms with Crippen LogP contribution in [0, 0.1) is 17.2 Å². The largest absolute Gasteiger partial charge is 0.372 e. The number of rotatable bonds is 4. The summed E-state index contributed by atoms with van der Waals surface area (Å²) in [5.74, 6) is -0.0567. The maximum absolute atomic E-state index is 8.67. The van der Waals surface area contributed by atoms with Gasteiger partial charge < -0.3 is 4.74 Å². The third-order valence-corrected chi connectivity index (χ3v) is 2.26. The van der Waals surface area contributed by atoms with Crippen LogP contribution in [0.5, 0.6) is 0 Å². The van der Waals surface area contributed by atoms with E-state index >= 15 is 0 Å². The Kier molecular flexibility index (Phi) is 4.15. The monoisotopic (exact) mass is 189 g/mol. The number of ether oxygens (including phenoxy) is 1. The minimum absolute atomic E-state index is 0.0137. The van der Waals surface area contributed by atoms with Crippen molar-refractivity contribution in [1.29, 1.82) is 5.26 Å². The number of hydrogen-bond donors (Lipinski definition) is 0. The zero-order chi connectivity index (χ0) is 10.4. The quantitative estimate of drug-likeness (QED) is 0.729. The molecule has 0 aliphatic rings. The zero-order valence-corrected chi connectivity index (χ0v) is 8.60. The molecular weight excluding hydrogens is 174 g/mol.